The first kappa shape index (κ1) is 13.5. The van der Waals surface area contributed by atoms with E-state index in [1.807, 2.05) is 0 Å². The van der Waals surface area contributed by atoms with Crippen LogP contribution in [0.5, 0.6) is 0 Å². The van der Waals surface area contributed by atoms with Crippen LogP contribution in [0.1, 0.15) is 38.5 Å². The van der Waals surface area contributed by atoms with Gasteiger partial charge in [-0.25, -0.2) is 0 Å². The quantitative estimate of drug-likeness (QED) is 0.920. The highest BCUT2D eigenvalue weighted by Gasteiger charge is 2.37. The van der Waals surface area contributed by atoms with E-state index in [2.05, 4.69) is 22.0 Å². The maximum absolute atomic E-state index is 6.45. The molecule has 2 N–H and O–H groups in total. The monoisotopic (exact) mass is 292 g/mol. The lowest BCUT2D eigenvalue weighted by atomic mass is 9.77. The average Bonchev–Trinajstić information content (AvgIpc) is 2.90. The number of hydrogen-bond donors (Lipinski definition) is 1. The molecule has 3 rings (SSSR count). The van der Waals surface area contributed by atoms with Crippen LogP contribution in [-0.2, 0) is 5.54 Å². The summed E-state index contributed by atoms with van der Waals surface area (Å²) in [5, 5.41) is 4.57. The van der Waals surface area contributed by atoms with Crippen molar-refractivity contribution in [3.8, 4) is 11.5 Å². The molecule has 2 heterocycles. The number of pyridine rings is 1. The second-order valence-corrected chi connectivity index (χ2v) is 6.08. The zero-order valence-electron chi connectivity index (χ0n) is 11.3. The fourth-order valence-electron chi connectivity index (χ4n) is 2.82. The fourth-order valence-corrected chi connectivity index (χ4v) is 2.94. The van der Waals surface area contributed by atoms with E-state index < -0.39 is 5.54 Å². The van der Waals surface area contributed by atoms with Gasteiger partial charge < -0.3 is 10.3 Å². The Balaban J connectivity index is 1.88. The molecule has 2 aromatic rings. The molecule has 106 valence electrons. The highest BCUT2D eigenvalue weighted by atomic mass is 35.5. The van der Waals surface area contributed by atoms with E-state index in [0.29, 0.717) is 28.3 Å². The molecule has 0 amide bonds. The molecule has 0 radical (unpaired) electrons. The molecule has 5 nitrogen and oxygen atoms in total. The summed E-state index contributed by atoms with van der Waals surface area (Å²) in [7, 11) is 0. The molecule has 2 atom stereocenters. The van der Waals surface area contributed by atoms with Crippen LogP contribution in [0.2, 0.25) is 5.02 Å². The summed E-state index contributed by atoms with van der Waals surface area (Å²) in [6.07, 6.45) is 5.62. The Labute approximate surface area is 122 Å². The number of nitrogens with zero attached hydrogens (tertiary/aromatic N) is 3. The molecule has 2 aromatic heterocycles. The summed E-state index contributed by atoms with van der Waals surface area (Å²) < 4.78 is 5.38. The minimum atomic E-state index is -0.505. The first-order valence-electron chi connectivity index (χ1n) is 6.82. The normalized spacial score (nSPS) is 26.6. The van der Waals surface area contributed by atoms with E-state index in [-0.39, 0.29) is 0 Å². The van der Waals surface area contributed by atoms with Crippen molar-refractivity contribution < 1.29 is 4.52 Å². The van der Waals surface area contributed by atoms with Gasteiger partial charge in [0, 0.05) is 6.20 Å². The van der Waals surface area contributed by atoms with Gasteiger partial charge in [0.2, 0.25) is 11.7 Å². The summed E-state index contributed by atoms with van der Waals surface area (Å²) >= 11 is 5.82. The maximum atomic E-state index is 6.45. The largest absolute Gasteiger partial charge is 0.337 e. The smallest absolute Gasteiger partial charge is 0.247 e. The van der Waals surface area contributed by atoms with Crippen molar-refractivity contribution in [1.82, 2.24) is 15.1 Å². The number of rotatable bonds is 2. The number of aromatic nitrogens is 3. The van der Waals surface area contributed by atoms with Gasteiger partial charge in [0.25, 0.3) is 0 Å². The molecule has 0 spiro atoms. The van der Waals surface area contributed by atoms with Crippen molar-refractivity contribution in [2.75, 3.05) is 0 Å². The van der Waals surface area contributed by atoms with Gasteiger partial charge in [-0.2, -0.15) is 4.98 Å². The molecule has 2 unspecified atom stereocenters. The molecule has 1 aliphatic rings. The van der Waals surface area contributed by atoms with Crippen LogP contribution in [0.3, 0.4) is 0 Å². The summed E-state index contributed by atoms with van der Waals surface area (Å²) in [5.41, 5.74) is 6.58. The Morgan fingerprint density at radius 3 is 3.00 bits per heavy atom. The minimum absolute atomic E-state index is 0.458. The molecule has 1 aliphatic carbocycles. The Bertz CT molecular complexity index is 597. The van der Waals surface area contributed by atoms with E-state index in [0.717, 1.165) is 19.3 Å². The Kier molecular flexibility index (Phi) is 3.48. The van der Waals surface area contributed by atoms with Gasteiger partial charge in [-0.3, -0.25) is 4.98 Å². The minimum Gasteiger partial charge on any atom is -0.337 e. The van der Waals surface area contributed by atoms with Crippen LogP contribution in [0.15, 0.2) is 22.9 Å². The van der Waals surface area contributed by atoms with Gasteiger partial charge in [-0.1, -0.05) is 36.5 Å². The van der Waals surface area contributed by atoms with E-state index in [9.17, 15) is 0 Å². The lowest BCUT2D eigenvalue weighted by Gasteiger charge is -2.33. The predicted octanol–water partition coefficient (Wildman–Crippen LogP) is 3.15. The molecule has 0 saturated heterocycles. The van der Waals surface area contributed by atoms with Gasteiger partial charge in [0.15, 0.2) is 0 Å². The maximum Gasteiger partial charge on any atom is 0.247 e. The SMILES string of the molecule is CC1CCCC(N)(c2nc(-c3ccc(Cl)cn3)no2)C1. The van der Waals surface area contributed by atoms with E-state index in [4.69, 9.17) is 21.9 Å². The summed E-state index contributed by atoms with van der Waals surface area (Å²) in [6, 6.07) is 3.52. The van der Waals surface area contributed by atoms with Crippen molar-refractivity contribution in [1.29, 1.82) is 0 Å². The molecule has 1 fully saturated rings. The second-order valence-electron chi connectivity index (χ2n) is 5.64. The molecule has 0 bridgehead atoms. The molecule has 0 aromatic carbocycles. The third kappa shape index (κ3) is 2.55. The van der Waals surface area contributed by atoms with Gasteiger partial charge in [0.05, 0.1) is 10.6 Å². The zero-order chi connectivity index (χ0) is 14.2. The number of hydrogen-bond acceptors (Lipinski definition) is 5. The average molecular weight is 293 g/mol. The van der Waals surface area contributed by atoms with E-state index >= 15 is 0 Å². The predicted molar refractivity (Wildman–Crippen MR) is 76.0 cm³/mol. The number of halogens is 1. The first-order chi connectivity index (χ1) is 9.57. The Morgan fingerprint density at radius 2 is 2.30 bits per heavy atom. The summed E-state index contributed by atoms with van der Waals surface area (Å²) in [6.45, 7) is 2.21. The lowest BCUT2D eigenvalue weighted by molar-refractivity contribution is 0.183. The molecular formula is C14H17ClN4O. The third-order valence-electron chi connectivity index (χ3n) is 3.84. The Hall–Kier alpha value is -1.46. The van der Waals surface area contributed by atoms with Crippen molar-refractivity contribution in [3.05, 3.63) is 29.2 Å². The van der Waals surface area contributed by atoms with E-state index in [1.54, 1.807) is 18.3 Å². The van der Waals surface area contributed by atoms with E-state index in [1.165, 1.54) is 6.42 Å². The van der Waals surface area contributed by atoms with Crippen LogP contribution in [0, 0.1) is 5.92 Å². The summed E-state index contributed by atoms with van der Waals surface area (Å²) in [5.74, 6) is 1.55. The summed E-state index contributed by atoms with van der Waals surface area (Å²) in [4.78, 5) is 8.62. The molecular weight excluding hydrogens is 276 g/mol. The third-order valence-corrected chi connectivity index (χ3v) is 4.06. The number of nitrogens with two attached hydrogens (primary N) is 1. The van der Waals surface area contributed by atoms with Crippen LogP contribution >= 0.6 is 11.6 Å². The highest BCUT2D eigenvalue weighted by molar-refractivity contribution is 6.30. The van der Waals surface area contributed by atoms with Crippen molar-refractivity contribution in [2.24, 2.45) is 11.7 Å². The van der Waals surface area contributed by atoms with Crippen LogP contribution in [0.25, 0.3) is 11.5 Å². The van der Waals surface area contributed by atoms with Crippen LogP contribution < -0.4 is 5.73 Å². The van der Waals surface area contributed by atoms with Gasteiger partial charge in [-0.05, 0) is 30.9 Å². The van der Waals surface area contributed by atoms with Crippen molar-refractivity contribution in [3.63, 3.8) is 0 Å². The van der Waals surface area contributed by atoms with Gasteiger partial charge >= 0.3 is 0 Å². The highest BCUT2D eigenvalue weighted by Crippen LogP contribution is 2.37. The Morgan fingerprint density at radius 1 is 1.45 bits per heavy atom. The molecule has 6 heteroatoms. The lowest BCUT2D eigenvalue weighted by Crippen LogP contribution is -2.41. The first-order valence-corrected chi connectivity index (χ1v) is 7.20. The van der Waals surface area contributed by atoms with Crippen molar-refractivity contribution >= 4 is 11.6 Å². The topological polar surface area (TPSA) is 77.8 Å². The molecule has 0 aliphatic heterocycles. The van der Waals surface area contributed by atoms with Gasteiger partial charge in [-0.15, -0.1) is 0 Å². The standard InChI is InChI=1S/C14H17ClN4O/c1-9-3-2-6-14(16,7-9)13-18-12(19-20-13)11-5-4-10(15)8-17-11/h4-5,8-9H,2-3,6-7,16H2,1H3. The molecule has 1 saturated carbocycles. The second kappa shape index (κ2) is 5.14. The molecule has 20 heavy (non-hydrogen) atoms. The van der Waals surface area contributed by atoms with Gasteiger partial charge in [0.1, 0.15) is 5.69 Å². The zero-order valence-corrected chi connectivity index (χ0v) is 12.1. The van der Waals surface area contributed by atoms with Crippen molar-refractivity contribution in [2.45, 2.75) is 38.1 Å². The van der Waals surface area contributed by atoms with Crippen LogP contribution in [0.4, 0.5) is 0 Å². The fraction of sp³-hybridized carbons (Fsp3) is 0.500. The van der Waals surface area contributed by atoms with Crippen LogP contribution in [-0.4, -0.2) is 15.1 Å².